The zero-order chi connectivity index (χ0) is 15.2. The molecule has 3 heteroatoms. The Morgan fingerprint density at radius 2 is 1.95 bits per heavy atom. The Morgan fingerprint density at radius 3 is 2.57 bits per heavy atom. The van der Waals surface area contributed by atoms with Crippen LogP contribution in [0.5, 0.6) is 0 Å². The van der Waals surface area contributed by atoms with E-state index in [0.717, 1.165) is 42.1 Å². The molecule has 0 unspecified atom stereocenters. The van der Waals surface area contributed by atoms with Crippen LogP contribution in [0.25, 0.3) is 0 Å². The van der Waals surface area contributed by atoms with Crippen molar-refractivity contribution < 1.29 is 5.11 Å². The van der Waals surface area contributed by atoms with E-state index in [1.54, 1.807) is 0 Å². The summed E-state index contributed by atoms with van der Waals surface area (Å²) < 4.78 is 0. The van der Waals surface area contributed by atoms with Crippen LogP contribution in [0, 0.1) is 6.92 Å². The molecule has 0 saturated carbocycles. The summed E-state index contributed by atoms with van der Waals surface area (Å²) in [5.74, 6) is 0.915. The molecule has 0 saturated heterocycles. The summed E-state index contributed by atoms with van der Waals surface area (Å²) in [5.41, 5.74) is 4.35. The Bertz CT molecular complexity index is 596. The maximum atomic E-state index is 9.48. The summed E-state index contributed by atoms with van der Waals surface area (Å²) in [7, 11) is 0. The van der Waals surface area contributed by atoms with E-state index in [0.29, 0.717) is 0 Å². The summed E-state index contributed by atoms with van der Waals surface area (Å²) in [6.07, 6.45) is 1.99. The Hall–Kier alpha value is -1.87. The molecule has 0 fully saturated rings. The number of benzene rings is 1. The van der Waals surface area contributed by atoms with Crippen LogP contribution in [-0.2, 0) is 13.0 Å². The lowest BCUT2D eigenvalue weighted by Crippen LogP contribution is -2.18. The van der Waals surface area contributed by atoms with Crippen LogP contribution in [0.1, 0.15) is 37.1 Å². The van der Waals surface area contributed by atoms with Gasteiger partial charge in [-0.15, -0.1) is 0 Å². The van der Waals surface area contributed by atoms with Crippen LogP contribution in [0.4, 0.5) is 11.5 Å². The normalized spacial score (nSPS) is 10.7. The van der Waals surface area contributed by atoms with Crippen molar-refractivity contribution in [3.63, 3.8) is 0 Å². The molecule has 2 aromatic rings. The van der Waals surface area contributed by atoms with Gasteiger partial charge in [-0.2, -0.15) is 0 Å². The fourth-order valence-corrected chi connectivity index (χ4v) is 2.52. The summed E-state index contributed by atoms with van der Waals surface area (Å²) in [6, 6.07) is 12.4. The van der Waals surface area contributed by atoms with E-state index in [4.69, 9.17) is 4.98 Å². The number of anilines is 2. The molecule has 1 aromatic heterocycles. The smallest absolute Gasteiger partial charge is 0.133 e. The van der Waals surface area contributed by atoms with Gasteiger partial charge in [0.15, 0.2) is 0 Å². The van der Waals surface area contributed by atoms with Crippen LogP contribution < -0.4 is 4.90 Å². The number of aliphatic hydroxyl groups excluding tert-OH is 1. The second-order valence-electron chi connectivity index (χ2n) is 5.32. The van der Waals surface area contributed by atoms with Gasteiger partial charge in [0, 0.05) is 17.9 Å². The van der Waals surface area contributed by atoms with E-state index in [2.05, 4.69) is 49.9 Å². The molecule has 0 aliphatic carbocycles. The van der Waals surface area contributed by atoms with Crippen molar-refractivity contribution in [2.24, 2.45) is 0 Å². The van der Waals surface area contributed by atoms with E-state index < -0.39 is 0 Å². The predicted molar refractivity (Wildman–Crippen MR) is 88.0 cm³/mol. The number of rotatable bonds is 6. The summed E-state index contributed by atoms with van der Waals surface area (Å²) in [4.78, 5) is 6.95. The standard InChI is InChI=1S/C18H24N2O/c1-4-7-16-11-15(13-21)12-18(19-16)20(5-2)17-9-6-8-14(3)10-17/h6,8-12,21H,4-5,7,13H2,1-3H3. The Labute approximate surface area is 127 Å². The molecule has 0 atom stereocenters. The third kappa shape index (κ3) is 3.82. The predicted octanol–water partition coefficient (Wildman–Crippen LogP) is 3.99. The van der Waals surface area contributed by atoms with Crippen molar-refractivity contribution in [2.75, 3.05) is 11.4 Å². The van der Waals surface area contributed by atoms with E-state index >= 15 is 0 Å². The van der Waals surface area contributed by atoms with Gasteiger partial charge in [0.05, 0.1) is 6.61 Å². The Morgan fingerprint density at radius 1 is 1.14 bits per heavy atom. The lowest BCUT2D eigenvalue weighted by atomic mass is 10.1. The molecular weight excluding hydrogens is 260 g/mol. The third-order valence-corrected chi connectivity index (χ3v) is 3.52. The average Bonchev–Trinajstić information content (AvgIpc) is 2.48. The van der Waals surface area contributed by atoms with Gasteiger partial charge in [-0.3, -0.25) is 0 Å². The molecule has 0 spiro atoms. The minimum absolute atomic E-state index is 0.0532. The van der Waals surface area contributed by atoms with Crippen LogP contribution in [0.15, 0.2) is 36.4 Å². The van der Waals surface area contributed by atoms with Crippen LogP contribution in [0.2, 0.25) is 0 Å². The second kappa shape index (κ2) is 7.23. The van der Waals surface area contributed by atoms with Crippen LogP contribution in [0.3, 0.4) is 0 Å². The van der Waals surface area contributed by atoms with Gasteiger partial charge >= 0.3 is 0 Å². The van der Waals surface area contributed by atoms with E-state index in [1.807, 2.05) is 12.1 Å². The minimum atomic E-state index is 0.0532. The lowest BCUT2D eigenvalue weighted by molar-refractivity contribution is 0.281. The highest BCUT2D eigenvalue weighted by atomic mass is 16.3. The first-order valence-electron chi connectivity index (χ1n) is 7.62. The van der Waals surface area contributed by atoms with Gasteiger partial charge in [-0.25, -0.2) is 4.98 Å². The molecule has 1 heterocycles. The molecule has 0 bridgehead atoms. The molecule has 2 rings (SSSR count). The van der Waals surface area contributed by atoms with E-state index in [-0.39, 0.29) is 6.61 Å². The first kappa shape index (κ1) is 15.5. The number of hydrogen-bond donors (Lipinski definition) is 1. The van der Waals surface area contributed by atoms with Crippen molar-refractivity contribution in [1.82, 2.24) is 4.98 Å². The van der Waals surface area contributed by atoms with Gasteiger partial charge in [0.2, 0.25) is 0 Å². The fourth-order valence-electron chi connectivity index (χ4n) is 2.52. The van der Waals surface area contributed by atoms with Gasteiger partial charge in [0.1, 0.15) is 5.82 Å². The highest BCUT2D eigenvalue weighted by molar-refractivity contribution is 5.61. The van der Waals surface area contributed by atoms with Gasteiger partial charge in [-0.05, 0) is 55.7 Å². The molecule has 0 radical (unpaired) electrons. The van der Waals surface area contributed by atoms with Crippen molar-refractivity contribution in [3.05, 3.63) is 53.2 Å². The zero-order valence-electron chi connectivity index (χ0n) is 13.1. The van der Waals surface area contributed by atoms with E-state index in [1.165, 1.54) is 5.56 Å². The fraction of sp³-hybridized carbons (Fsp3) is 0.389. The van der Waals surface area contributed by atoms with Crippen LogP contribution >= 0.6 is 0 Å². The molecule has 21 heavy (non-hydrogen) atoms. The molecular formula is C18H24N2O. The topological polar surface area (TPSA) is 36.4 Å². The maximum Gasteiger partial charge on any atom is 0.133 e. The summed E-state index contributed by atoms with van der Waals surface area (Å²) >= 11 is 0. The third-order valence-electron chi connectivity index (χ3n) is 3.52. The van der Waals surface area contributed by atoms with Crippen molar-refractivity contribution in [1.29, 1.82) is 0 Å². The number of aromatic nitrogens is 1. The molecule has 3 nitrogen and oxygen atoms in total. The largest absolute Gasteiger partial charge is 0.392 e. The van der Waals surface area contributed by atoms with Gasteiger partial charge < -0.3 is 10.0 Å². The maximum absolute atomic E-state index is 9.48. The molecule has 0 aliphatic rings. The second-order valence-corrected chi connectivity index (χ2v) is 5.32. The molecule has 112 valence electrons. The van der Waals surface area contributed by atoms with Crippen LogP contribution in [-0.4, -0.2) is 16.6 Å². The molecule has 0 amide bonds. The average molecular weight is 284 g/mol. The first-order valence-corrected chi connectivity index (χ1v) is 7.62. The lowest BCUT2D eigenvalue weighted by Gasteiger charge is -2.23. The first-order chi connectivity index (χ1) is 10.2. The highest BCUT2D eigenvalue weighted by Gasteiger charge is 2.11. The zero-order valence-corrected chi connectivity index (χ0v) is 13.1. The molecule has 1 N–H and O–H groups in total. The summed E-state index contributed by atoms with van der Waals surface area (Å²) in [5, 5.41) is 9.48. The Balaban J connectivity index is 2.43. The molecule has 1 aromatic carbocycles. The van der Waals surface area contributed by atoms with Gasteiger partial charge in [-0.1, -0.05) is 25.5 Å². The number of aliphatic hydroxyl groups is 1. The van der Waals surface area contributed by atoms with Crippen molar-refractivity contribution in [3.8, 4) is 0 Å². The summed E-state index contributed by atoms with van der Waals surface area (Å²) in [6.45, 7) is 7.26. The minimum Gasteiger partial charge on any atom is -0.392 e. The quantitative estimate of drug-likeness (QED) is 0.871. The van der Waals surface area contributed by atoms with Gasteiger partial charge in [0.25, 0.3) is 0 Å². The highest BCUT2D eigenvalue weighted by Crippen LogP contribution is 2.25. The number of aryl methyl sites for hydroxylation is 2. The number of hydrogen-bond acceptors (Lipinski definition) is 3. The Kier molecular flexibility index (Phi) is 5.34. The van der Waals surface area contributed by atoms with Crippen molar-refractivity contribution in [2.45, 2.75) is 40.2 Å². The SMILES string of the molecule is CCCc1cc(CO)cc(N(CC)c2cccc(C)c2)n1. The number of nitrogens with zero attached hydrogens (tertiary/aromatic N) is 2. The molecule has 0 aliphatic heterocycles. The van der Waals surface area contributed by atoms with E-state index in [9.17, 15) is 5.11 Å². The van der Waals surface area contributed by atoms with Crippen molar-refractivity contribution >= 4 is 11.5 Å². The monoisotopic (exact) mass is 284 g/mol. The number of pyridine rings is 1.